The number of allylic oxidation sites excluding steroid dienone is 1. The number of carbonyl (C=O) groups is 2. The second-order valence-electron chi connectivity index (χ2n) is 11.1. The predicted molar refractivity (Wildman–Crippen MR) is 150 cm³/mol. The molecule has 2 aliphatic carbocycles. The number of ether oxygens (including phenoxy) is 1. The molecule has 1 aliphatic heterocycles. The van der Waals surface area contributed by atoms with Crippen LogP contribution in [-0.4, -0.2) is 52.8 Å². The lowest BCUT2D eigenvalue weighted by Crippen LogP contribution is -2.43. The van der Waals surface area contributed by atoms with Gasteiger partial charge in [0.1, 0.15) is 17.3 Å². The van der Waals surface area contributed by atoms with Crippen LogP contribution < -0.4 is 5.32 Å². The van der Waals surface area contributed by atoms with Crippen LogP contribution in [0.25, 0.3) is 17.2 Å². The molecule has 2 aromatic heterocycles. The summed E-state index contributed by atoms with van der Waals surface area (Å²) in [6.07, 6.45) is 11.3. The fraction of sp³-hybridized carbons (Fsp3) is 0.387. The zero-order valence-corrected chi connectivity index (χ0v) is 22.5. The van der Waals surface area contributed by atoms with Gasteiger partial charge in [0.25, 0.3) is 5.91 Å². The highest BCUT2D eigenvalue weighted by molar-refractivity contribution is 6.11. The van der Waals surface area contributed by atoms with E-state index in [-0.39, 0.29) is 22.9 Å². The van der Waals surface area contributed by atoms with Crippen molar-refractivity contribution in [2.45, 2.75) is 44.4 Å². The first-order valence-corrected chi connectivity index (χ1v) is 13.8. The van der Waals surface area contributed by atoms with Crippen molar-refractivity contribution in [1.29, 1.82) is 0 Å². The van der Waals surface area contributed by atoms with Gasteiger partial charge in [-0.05, 0) is 54.5 Å². The lowest BCUT2D eigenvalue weighted by molar-refractivity contribution is -0.124. The highest BCUT2D eigenvalue weighted by Crippen LogP contribution is 2.53. The van der Waals surface area contributed by atoms with Crippen LogP contribution >= 0.6 is 0 Å². The Labute approximate surface area is 232 Å². The van der Waals surface area contributed by atoms with Crippen LogP contribution in [0.3, 0.4) is 0 Å². The van der Waals surface area contributed by atoms with E-state index in [1.165, 1.54) is 12.1 Å². The number of aromatic amines is 1. The van der Waals surface area contributed by atoms with E-state index < -0.39 is 11.8 Å². The van der Waals surface area contributed by atoms with Crippen molar-refractivity contribution in [3.05, 3.63) is 71.4 Å². The number of H-pyrrole nitrogens is 1. The van der Waals surface area contributed by atoms with Crippen LogP contribution in [0.2, 0.25) is 0 Å². The van der Waals surface area contributed by atoms with Crippen molar-refractivity contribution in [3.63, 3.8) is 0 Å². The maximum atomic E-state index is 13.8. The molecule has 1 spiro atoms. The molecule has 6 rings (SSSR count). The van der Waals surface area contributed by atoms with E-state index in [9.17, 15) is 14.0 Å². The predicted octanol–water partition coefficient (Wildman–Crippen LogP) is 5.41. The van der Waals surface area contributed by atoms with E-state index in [1.54, 1.807) is 19.4 Å². The van der Waals surface area contributed by atoms with Crippen LogP contribution in [0.5, 0.6) is 0 Å². The third-order valence-corrected chi connectivity index (χ3v) is 8.44. The number of amides is 1. The number of hydrogen-bond donors (Lipinski definition) is 2. The molecule has 8 nitrogen and oxygen atoms in total. The highest BCUT2D eigenvalue weighted by Gasteiger charge is 2.50. The third kappa shape index (κ3) is 5.01. The van der Waals surface area contributed by atoms with E-state index in [1.807, 2.05) is 30.4 Å². The number of nitrogens with one attached hydrogen (secondary N) is 2. The topological polar surface area (TPSA) is 109 Å². The molecule has 3 heterocycles. The Hall–Kier alpha value is -3.98. The summed E-state index contributed by atoms with van der Waals surface area (Å²) in [7, 11) is 1.58. The van der Waals surface area contributed by atoms with E-state index in [2.05, 4.69) is 20.5 Å². The zero-order chi connectivity index (χ0) is 27.7. The van der Waals surface area contributed by atoms with E-state index in [0.717, 1.165) is 48.9 Å². The summed E-state index contributed by atoms with van der Waals surface area (Å²) in [4.78, 5) is 36.3. The lowest BCUT2D eigenvalue weighted by atomic mass is 9.63. The quantitative estimate of drug-likeness (QED) is 0.389. The molecule has 1 amide bonds. The van der Waals surface area contributed by atoms with Gasteiger partial charge in [-0.25, -0.2) is 9.38 Å². The second kappa shape index (κ2) is 10.9. The molecule has 40 heavy (non-hydrogen) atoms. The normalized spacial score (nSPS) is 21.4. The van der Waals surface area contributed by atoms with Crippen molar-refractivity contribution >= 4 is 29.3 Å². The number of methoxy groups -OCH3 is 1. The van der Waals surface area contributed by atoms with Crippen LogP contribution in [0.15, 0.2) is 53.7 Å². The van der Waals surface area contributed by atoms with E-state index in [0.29, 0.717) is 42.3 Å². The molecule has 3 aliphatic rings. The minimum Gasteiger partial charge on any atom is -0.383 e. The Morgan fingerprint density at radius 3 is 2.80 bits per heavy atom. The highest BCUT2D eigenvalue weighted by atomic mass is 19.1. The van der Waals surface area contributed by atoms with Crippen molar-refractivity contribution < 1.29 is 18.7 Å². The Morgan fingerprint density at radius 2 is 2.05 bits per heavy atom. The number of carbonyl (C=O) groups excluding carboxylic acids is 2. The standard InChI is InChI=1S/C31H32FN5O3/c1-40-14-13-33-30(39)28-27-23(10-9-22-8-7-20(18-34-22)19-5-4-6-21(32)15-19)26-24(35-29(27)37-36-28)16-31(17-25(26)38)11-2-3-12-31/h4-10,15,18,23,26H,2-3,11-14,16-17H2,1H3,(H,33,39)(H,36,37)/b10-9+. The number of ketones is 1. The van der Waals surface area contributed by atoms with Crippen LogP contribution in [0.1, 0.15) is 66.2 Å². The number of pyridine rings is 1. The smallest absolute Gasteiger partial charge is 0.269 e. The SMILES string of the molecule is COCCNC(=O)c1[nH]nc2c1C(/C=C/c1ccc(-c3cccc(F)c3)cn1)C1C(=O)CC3(CCCC3)CC1=N2. The first-order valence-electron chi connectivity index (χ1n) is 13.8. The number of rotatable bonds is 7. The fourth-order valence-corrected chi connectivity index (χ4v) is 6.54. The maximum absolute atomic E-state index is 13.8. The Kier molecular flexibility index (Phi) is 7.14. The van der Waals surface area contributed by atoms with E-state index >= 15 is 0 Å². The number of benzene rings is 1. The molecule has 2 N–H and O–H groups in total. The summed E-state index contributed by atoms with van der Waals surface area (Å²) < 4.78 is 18.7. The number of halogens is 1. The second-order valence-corrected chi connectivity index (χ2v) is 11.1. The Bertz CT molecular complexity index is 1490. The van der Waals surface area contributed by atoms with Gasteiger partial charge in [-0.1, -0.05) is 37.1 Å². The monoisotopic (exact) mass is 541 g/mol. The summed E-state index contributed by atoms with van der Waals surface area (Å²) in [5.41, 5.74) is 4.06. The van der Waals surface area contributed by atoms with Crippen LogP contribution in [0, 0.1) is 17.2 Å². The average Bonchev–Trinajstić information content (AvgIpc) is 3.58. The molecule has 1 aromatic carbocycles. The summed E-state index contributed by atoms with van der Waals surface area (Å²) in [5.74, 6) is -0.810. The Morgan fingerprint density at radius 1 is 1.20 bits per heavy atom. The fourth-order valence-electron chi connectivity index (χ4n) is 6.54. The van der Waals surface area contributed by atoms with Gasteiger partial charge in [-0.15, -0.1) is 0 Å². The molecule has 9 heteroatoms. The number of fused-ring (bicyclic) bond motifs is 2. The molecular formula is C31H32FN5O3. The van der Waals surface area contributed by atoms with Gasteiger partial charge in [0.05, 0.1) is 18.2 Å². The number of Topliss-reactive ketones (excluding diaryl/α,β-unsaturated/α-hetero) is 1. The van der Waals surface area contributed by atoms with Crippen molar-refractivity contribution in [2.75, 3.05) is 20.3 Å². The largest absolute Gasteiger partial charge is 0.383 e. The van der Waals surface area contributed by atoms with Crippen LogP contribution in [-0.2, 0) is 9.53 Å². The molecule has 206 valence electrons. The third-order valence-electron chi connectivity index (χ3n) is 8.44. The molecule has 0 bridgehead atoms. The molecule has 3 aromatic rings. The minimum atomic E-state index is -0.440. The minimum absolute atomic E-state index is 0.00312. The van der Waals surface area contributed by atoms with Gasteiger partial charge in [-0.3, -0.25) is 19.7 Å². The van der Waals surface area contributed by atoms with Crippen molar-refractivity contribution in [3.8, 4) is 11.1 Å². The first kappa shape index (κ1) is 26.3. The molecule has 2 atom stereocenters. The molecular weight excluding hydrogens is 509 g/mol. The van der Waals surface area contributed by atoms with Gasteiger partial charge in [-0.2, -0.15) is 5.10 Å². The number of hydrogen-bond acceptors (Lipinski definition) is 6. The van der Waals surface area contributed by atoms with Crippen LogP contribution in [0.4, 0.5) is 10.2 Å². The van der Waals surface area contributed by atoms with E-state index in [4.69, 9.17) is 9.73 Å². The molecule has 2 fully saturated rings. The summed E-state index contributed by atoms with van der Waals surface area (Å²) >= 11 is 0. The van der Waals surface area contributed by atoms with Gasteiger partial charge in [0.15, 0.2) is 5.82 Å². The van der Waals surface area contributed by atoms with Gasteiger partial charge < -0.3 is 10.1 Å². The Balaban J connectivity index is 1.34. The number of aliphatic imine (C=N–C) groups is 1. The van der Waals surface area contributed by atoms with Gasteiger partial charge >= 0.3 is 0 Å². The summed E-state index contributed by atoms with van der Waals surface area (Å²) in [6.45, 7) is 0.735. The molecule has 0 saturated heterocycles. The zero-order valence-electron chi connectivity index (χ0n) is 22.5. The number of nitrogens with zero attached hydrogens (tertiary/aromatic N) is 3. The van der Waals surface area contributed by atoms with Gasteiger partial charge in [0.2, 0.25) is 0 Å². The first-order chi connectivity index (χ1) is 19.5. The number of aromatic nitrogens is 3. The maximum Gasteiger partial charge on any atom is 0.269 e. The molecule has 2 unspecified atom stereocenters. The van der Waals surface area contributed by atoms with Crippen molar-refractivity contribution in [1.82, 2.24) is 20.5 Å². The van der Waals surface area contributed by atoms with Gasteiger partial charge in [0, 0.05) is 49.0 Å². The molecule has 0 radical (unpaired) electrons. The summed E-state index contributed by atoms with van der Waals surface area (Å²) in [5, 5.41) is 10.1. The average molecular weight is 542 g/mol. The molecule has 2 saturated carbocycles. The lowest BCUT2D eigenvalue weighted by Gasteiger charge is -2.41. The van der Waals surface area contributed by atoms with Crippen molar-refractivity contribution in [2.24, 2.45) is 16.3 Å². The summed E-state index contributed by atoms with van der Waals surface area (Å²) in [6, 6.07) is 10.1.